The minimum atomic E-state index is -4.22. The summed E-state index contributed by atoms with van der Waals surface area (Å²) < 4.78 is 55.6. The van der Waals surface area contributed by atoms with E-state index in [1.54, 1.807) is 45.9 Å². The molecule has 0 fully saturated rings. The zero-order valence-electron chi connectivity index (χ0n) is 18.7. The topological polar surface area (TPSA) is 158 Å². The van der Waals surface area contributed by atoms with E-state index in [9.17, 15) is 22.1 Å². The first kappa shape index (κ1) is 27.1. The maximum absolute atomic E-state index is 13.4. The number of nitriles is 3. The quantitative estimate of drug-likeness (QED) is 0.502. The molecule has 0 saturated carbocycles. The summed E-state index contributed by atoms with van der Waals surface area (Å²) in [4.78, 5) is -0.826. The van der Waals surface area contributed by atoms with E-state index in [1.165, 1.54) is 13.0 Å². The molecule has 0 bridgehead atoms. The summed E-state index contributed by atoms with van der Waals surface area (Å²) in [5.41, 5.74) is -0.450. The number of hydrogen-bond acceptors (Lipinski definition) is 8. The van der Waals surface area contributed by atoms with Crippen molar-refractivity contribution in [1.29, 1.82) is 15.8 Å². The molecule has 0 radical (unpaired) electrons. The third kappa shape index (κ3) is 5.26. The molecule has 1 N–H and O–H groups in total. The van der Waals surface area contributed by atoms with Crippen LogP contribution in [0.2, 0.25) is 0 Å². The van der Waals surface area contributed by atoms with Gasteiger partial charge in [-0.15, -0.1) is 0 Å². The minimum Gasteiger partial charge on any atom is -0.345 e. The predicted molar refractivity (Wildman–Crippen MR) is 119 cm³/mol. The van der Waals surface area contributed by atoms with Crippen LogP contribution in [0, 0.1) is 40.9 Å². The van der Waals surface area contributed by atoms with Gasteiger partial charge < -0.3 is 5.32 Å². The fourth-order valence-electron chi connectivity index (χ4n) is 3.02. The maximum Gasteiger partial charge on any atom is 0.244 e. The molecular weight excluding hydrogens is 452 g/mol. The number of anilines is 1. The zero-order valence-corrected chi connectivity index (χ0v) is 20.3. The average molecular weight is 479 g/mol. The van der Waals surface area contributed by atoms with Gasteiger partial charge in [-0.25, -0.2) is 16.8 Å². The molecule has 172 valence electrons. The molecule has 0 aliphatic heterocycles. The van der Waals surface area contributed by atoms with Gasteiger partial charge in [0.15, 0.2) is 5.57 Å². The molecule has 12 heteroatoms. The Morgan fingerprint density at radius 2 is 1.22 bits per heavy atom. The van der Waals surface area contributed by atoms with Crippen LogP contribution in [0.5, 0.6) is 0 Å². The van der Waals surface area contributed by atoms with Crippen molar-refractivity contribution in [3.05, 3.63) is 29.0 Å². The Morgan fingerprint density at radius 3 is 1.56 bits per heavy atom. The van der Waals surface area contributed by atoms with E-state index in [2.05, 4.69) is 5.32 Å². The summed E-state index contributed by atoms with van der Waals surface area (Å²) in [6.07, 6.45) is 0. The molecule has 0 heterocycles. The number of benzene rings is 1. The van der Waals surface area contributed by atoms with E-state index < -0.39 is 30.5 Å². The van der Waals surface area contributed by atoms with Crippen LogP contribution in [-0.4, -0.2) is 51.6 Å². The molecule has 0 atom stereocenters. The average Bonchev–Trinajstić information content (AvgIpc) is 2.75. The Balaban J connectivity index is 4.01. The Morgan fingerprint density at radius 1 is 0.812 bits per heavy atom. The summed E-state index contributed by atoms with van der Waals surface area (Å²) in [6.45, 7) is 8.65. The van der Waals surface area contributed by atoms with Crippen molar-refractivity contribution in [2.45, 2.75) is 44.4 Å². The van der Waals surface area contributed by atoms with Gasteiger partial charge in [-0.2, -0.15) is 24.4 Å². The molecule has 1 aromatic rings. The van der Waals surface area contributed by atoms with E-state index >= 15 is 0 Å². The van der Waals surface area contributed by atoms with Crippen LogP contribution < -0.4 is 5.32 Å². The molecule has 32 heavy (non-hydrogen) atoms. The molecule has 1 rings (SSSR count). The lowest BCUT2D eigenvalue weighted by Gasteiger charge is -2.25. The lowest BCUT2D eigenvalue weighted by molar-refractivity contribution is 0.434. The van der Waals surface area contributed by atoms with Gasteiger partial charge >= 0.3 is 0 Å². The van der Waals surface area contributed by atoms with E-state index in [1.807, 2.05) is 0 Å². The molecule has 10 nitrogen and oxygen atoms in total. The van der Waals surface area contributed by atoms with Crippen LogP contribution >= 0.6 is 0 Å². The monoisotopic (exact) mass is 478 g/mol. The number of nitrogens with one attached hydrogen (secondary N) is 1. The second-order valence-electron chi connectivity index (χ2n) is 6.50. The Labute approximate surface area is 190 Å². The van der Waals surface area contributed by atoms with Crippen molar-refractivity contribution in [2.24, 2.45) is 0 Å². The number of sulfonamides is 2. The predicted octanol–water partition coefficient (Wildman–Crippen LogP) is 2.29. The third-order valence-corrected chi connectivity index (χ3v) is 9.09. The summed E-state index contributed by atoms with van der Waals surface area (Å²) >= 11 is 0. The molecular formula is C20H26N6O4S2. The molecule has 0 aliphatic carbocycles. The smallest absolute Gasteiger partial charge is 0.244 e. The van der Waals surface area contributed by atoms with Crippen molar-refractivity contribution in [3.63, 3.8) is 0 Å². The highest BCUT2D eigenvalue weighted by Crippen LogP contribution is 2.32. The summed E-state index contributed by atoms with van der Waals surface area (Å²) in [5, 5.41) is 30.0. The zero-order chi connectivity index (χ0) is 24.7. The van der Waals surface area contributed by atoms with Crippen LogP contribution in [0.3, 0.4) is 0 Å². The summed E-state index contributed by atoms with van der Waals surface area (Å²) in [7, 11) is -8.37. The standard InChI is InChI=1S/C20H26N6O4S2/c1-6-25(7-2)31(27,28)19-10-15(5)17(24-18(14-23)16(12-21)13-22)11-20(19)32(29,30)26(8-3)9-4/h10-11,24H,6-9H2,1-5H3. The molecule has 0 saturated heterocycles. The van der Waals surface area contributed by atoms with Gasteiger partial charge in [0.2, 0.25) is 20.0 Å². The van der Waals surface area contributed by atoms with E-state index in [-0.39, 0.29) is 42.5 Å². The second-order valence-corrected chi connectivity index (χ2v) is 10.3. The van der Waals surface area contributed by atoms with Gasteiger partial charge in [-0.05, 0) is 24.6 Å². The van der Waals surface area contributed by atoms with Gasteiger partial charge in [0.05, 0.1) is 0 Å². The molecule has 1 aromatic carbocycles. The number of nitrogens with zero attached hydrogens (tertiary/aromatic N) is 5. The fraction of sp³-hybridized carbons (Fsp3) is 0.450. The molecule has 0 unspecified atom stereocenters. The van der Waals surface area contributed by atoms with E-state index in [4.69, 9.17) is 10.5 Å². The van der Waals surface area contributed by atoms with Gasteiger partial charge in [0, 0.05) is 31.9 Å². The molecule has 0 aromatic heterocycles. The van der Waals surface area contributed by atoms with Crippen molar-refractivity contribution in [1.82, 2.24) is 8.61 Å². The third-order valence-electron chi connectivity index (χ3n) is 4.78. The van der Waals surface area contributed by atoms with Crippen LogP contribution in [0.4, 0.5) is 5.69 Å². The molecule has 0 spiro atoms. The SMILES string of the molecule is CCN(CC)S(=O)(=O)c1cc(C)c(NC(C#N)=C(C#N)C#N)cc1S(=O)(=O)N(CC)CC. The first-order valence-electron chi connectivity index (χ1n) is 9.86. The van der Waals surface area contributed by atoms with E-state index in [0.29, 0.717) is 5.56 Å². The number of allylic oxidation sites excluding steroid dienone is 2. The molecule has 0 aliphatic rings. The number of aryl methyl sites for hydroxylation is 1. The molecule has 0 amide bonds. The summed E-state index contributed by atoms with van der Waals surface area (Å²) in [6, 6.07) is 7.24. The maximum atomic E-state index is 13.4. The van der Waals surface area contributed by atoms with Crippen LogP contribution in [-0.2, 0) is 20.0 Å². The summed E-state index contributed by atoms with van der Waals surface area (Å²) in [5.74, 6) is 0. The van der Waals surface area contributed by atoms with Crippen molar-refractivity contribution in [3.8, 4) is 18.2 Å². The Kier molecular flexibility index (Phi) is 9.37. The largest absolute Gasteiger partial charge is 0.345 e. The van der Waals surface area contributed by atoms with Gasteiger partial charge in [-0.3, -0.25) is 0 Å². The highest BCUT2D eigenvalue weighted by Gasteiger charge is 2.34. The van der Waals surface area contributed by atoms with Crippen molar-refractivity contribution < 1.29 is 16.8 Å². The fourth-order valence-corrected chi connectivity index (χ4v) is 6.79. The normalized spacial score (nSPS) is 11.5. The first-order valence-corrected chi connectivity index (χ1v) is 12.7. The number of rotatable bonds is 10. The highest BCUT2D eigenvalue weighted by atomic mass is 32.2. The van der Waals surface area contributed by atoms with Crippen LogP contribution in [0.25, 0.3) is 0 Å². The van der Waals surface area contributed by atoms with Crippen LogP contribution in [0.1, 0.15) is 33.3 Å². The highest BCUT2D eigenvalue weighted by molar-refractivity contribution is 7.92. The lowest BCUT2D eigenvalue weighted by Crippen LogP contribution is -2.35. The number of hydrogen-bond donors (Lipinski definition) is 1. The van der Waals surface area contributed by atoms with Crippen molar-refractivity contribution >= 4 is 25.7 Å². The lowest BCUT2D eigenvalue weighted by atomic mass is 10.1. The van der Waals surface area contributed by atoms with Gasteiger partial charge in [-0.1, -0.05) is 27.7 Å². The van der Waals surface area contributed by atoms with Gasteiger partial charge in [0.25, 0.3) is 0 Å². The van der Waals surface area contributed by atoms with Gasteiger partial charge in [0.1, 0.15) is 33.7 Å². The Hall–Kier alpha value is -2.95. The van der Waals surface area contributed by atoms with E-state index in [0.717, 1.165) is 14.7 Å². The Bertz CT molecular complexity index is 1210. The first-order chi connectivity index (χ1) is 15.0. The minimum absolute atomic E-state index is 0.0915. The second kappa shape index (κ2) is 11.1. The van der Waals surface area contributed by atoms with Crippen molar-refractivity contribution in [2.75, 3.05) is 31.5 Å². The van der Waals surface area contributed by atoms with Crippen LogP contribution in [0.15, 0.2) is 33.2 Å².